The first-order valence-electron chi connectivity index (χ1n) is 7.34. The quantitative estimate of drug-likeness (QED) is 0.733. The number of nitrogens with one attached hydrogen (secondary N) is 1. The van der Waals surface area contributed by atoms with Crippen molar-refractivity contribution in [3.8, 4) is 5.75 Å². The number of aromatic nitrogens is 2. The Balaban J connectivity index is 1.57. The van der Waals surface area contributed by atoms with Crippen LogP contribution in [0.1, 0.15) is 22.1 Å². The van der Waals surface area contributed by atoms with Gasteiger partial charge in [0.1, 0.15) is 17.9 Å². The summed E-state index contributed by atoms with van der Waals surface area (Å²) >= 11 is 0. The predicted molar refractivity (Wildman–Crippen MR) is 85.5 cm³/mol. The summed E-state index contributed by atoms with van der Waals surface area (Å²) in [5, 5.41) is 3.77. The van der Waals surface area contributed by atoms with Crippen molar-refractivity contribution in [2.45, 2.75) is 13.8 Å². The molecule has 0 aliphatic rings. The average Bonchev–Trinajstić information content (AvgIpc) is 2.90. The number of nitrogens with zero attached hydrogens (tertiary/aromatic N) is 2. The SMILES string of the molecule is Cc1nc(C)c(C(=O)NCCOc2cccc3cccnc23)o1. The molecule has 0 atom stereocenters. The van der Waals surface area contributed by atoms with Gasteiger partial charge in [-0.3, -0.25) is 9.78 Å². The fraction of sp³-hybridized carbons (Fsp3) is 0.235. The highest BCUT2D eigenvalue weighted by Crippen LogP contribution is 2.22. The van der Waals surface area contributed by atoms with Crippen LogP contribution in [-0.4, -0.2) is 29.0 Å². The van der Waals surface area contributed by atoms with Crippen LogP contribution in [0.25, 0.3) is 10.9 Å². The zero-order valence-electron chi connectivity index (χ0n) is 13.0. The van der Waals surface area contributed by atoms with Crippen LogP contribution in [0.5, 0.6) is 5.75 Å². The molecule has 3 rings (SSSR count). The van der Waals surface area contributed by atoms with Crippen molar-refractivity contribution in [1.82, 2.24) is 15.3 Å². The van der Waals surface area contributed by atoms with E-state index in [2.05, 4.69) is 15.3 Å². The maximum absolute atomic E-state index is 12.0. The van der Waals surface area contributed by atoms with Gasteiger partial charge in [0.05, 0.1) is 12.2 Å². The molecular formula is C17H17N3O3. The predicted octanol–water partition coefficient (Wildman–Crippen LogP) is 2.65. The van der Waals surface area contributed by atoms with Gasteiger partial charge in [-0.05, 0) is 19.1 Å². The number of para-hydroxylation sites is 1. The lowest BCUT2D eigenvalue weighted by Gasteiger charge is -2.09. The Hall–Kier alpha value is -2.89. The Morgan fingerprint density at radius 3 is 2.87 bits per heavy atom. The summed E-state index contributed by atoms with van der Waals surface area (Å²) in [5.41, 5.74) is 1.39. The lowest BCUT2D eigenvalue weighted by Crippen LogP contribution is -2.28. The molecule has 3 aromatic rings. The zero-order chi connectivity index (χ0) is 16.2. The van der Waals surface area contributed by atoms with Gasteiger partial charge in [-0.15, -0.1) is 0 Å². The molecule has 0 unspecified atom stereocenters. The van der Waals surface area contributed by atoms with Gasteiger partial charge in [-0.25, -0.2) is 4.98 Å². The number of amides is 1. The highest BCUT2D eigenvalue weighted by atomic mass is 16.5. The maximum Gasteiger partial charge on any atom is 0.289 e. The number of hydrogen-bond acceptors (Lipinski definition) is 5. The Morgan fingerprint density at radius 2 is 2.09 bits per heavy atom. The van der Waals surface area contributed by atoms with Crippen molar-refractivity contribution in [3.05, 3.63) is 53.9 Å². The molecule has 0 aliphatic carbocycles. The molecule has 6 heteroatoms. The Labute approximate surface area is 133 Å². The number of fused-ring (bicyclic) bond motifs is 1. The first-order chi connectivity index (χ1) is 11.1. The number of ether oxygens (including phenoxy) is 1. The number of carbonyl (C=O) groups excluding carboxylic acids is 1. The van der Waals surface area contributed by atoms with Gasteiger partial charge >= 0.3 is 0 Å². The molecule has 0 radical (unpaired) electrons. The molecule has 6 nitrogen and oxygen atoms in total. The Bertz CT molecular complexity index is 837. The van der Waals surface area contributed by atoms with E-state index in [4.69, 9.17) is 9.15 Å². The van der Waals surface area contributed by atoms with Crippen molar-refractivity contribution < 1.29 is 13.9 Å². The van der Waals surface area contributed by atoms with E-state index in [0.717, 1.165) is 10.9 Å². The van der Waals surface area contributed by atoms with Crippen LogP contribution < -0.4 is 10.1 Å². The van der Waals surface area contributed by atoms with Crippen LogP contribution in [0.4, 0.5) is 0 Å². The molecule has 0 aliphatic heterocycles. The molecule has 0 fully saturated rings. The van der Waals surface area contributed by atoms with Crippen molar-refractivity contribution in [1.29, 1.82) is 0 Å². The molecule has 0 saturated heterocycles. The molecule has 23 heavy (non-hydrogen) atoms. The fourth-order valence-electron chi connectivity index (χ4n) is 2.34. The van der Waals surface area contributed by atoms with Crippen LogP contribution in [0, 0.1) is 13.8 Å². The number of rotatable bonds is 5. The van der Waals surface area contributed by atoms with Crippen molar-refractivity contribution in [2.75, 3.05) is 13.2 Å². The minimum absolute atomic E-state index is 0.245. The standard InChI is InChI=1S/C17H17N3O3/c1-11-16(23-12(2)20-11)17(21)19-9-10-22-14-7-3-5-13-6-4-8-18-15(13)14/h3-8H,9-10H2,1-2H3,(H,19,21). The highest BCUT2D eigenvalue weighted by Gasteiger charge is 2.15. The molecule has 1 N–H and O–H groups in total. The largest absolute Gasteiger partial charge is 0.489 e. The van der Waals surface area contributed by atoms with E-state index < -0.39 is 0 Å². The van der Waals surface area contributed by atoms with Crippen LogP contribution in [0.15, 0.2) is 40.9 Å². The van der Waals surface area contributed by atoms with Gasteiger partial charge in [-0.1, -0.05) is 18.2 Å². The van der Waals surface area contributed by atoms with Crippen molar-refractivity contribution in [3.63, 3.8) is 0 Å². The normalized spacial score (nSPS) is 10.7. The minimum atomic E-state index is -0.289. The van der Waals surface area contributed by atoms with Crippen LogP contribution in [-0.2, 0) is 0 Å². The van der Waals surface area contributed by atoms with Crippen molar-refractivity contribution in [2.24, 2.45) is 0 Å². The summed E-state index contributed by atoms with van der Waals surface area (Å²) in [6, 6.07) is 9.62. The zero-order valence-corrected chi connectivity index (χ0v) is 13.0. The average molecular weight is 311 g/mol. The van der Waals surface area contributed by atoms with Gasteiger partial charge in [0.25, 0.3) is 5.91 Å². The molecule has 118 valence electrons. The number of pyridine rings is 1. The number of hydrogen-bond donors (Lipinski definition) is 1. The number of aryl methyl sites for hydroxylation is 2. The molecule has 2 aromatic heterocycles. The summed E-state index contributed by atoms with van der Waals surface area (Å²) in [7, 11) is 0. The fourth-order valence-corrected chi connectivity index (χ4v) is 2.34. The van der Waals surface area contributed by atoms with Crippen LogP contribution in [0.3, 0.4) is 0 Å². The van der Waals surface area contributed by atoms with E-state index in [-0.39, 0.29) is 11.7 Å². The highest BCUT2D eigenvalue weighted by molar-refractivity contribution is 5.92. The molecule has 1 aromatic carbocycles. The van der Waals surface area contributed by atoms with E-state index in [1.165, 1.54) is 0 Å². The van der Waals surface area contributed by atoms with Gasteiger partial charge in [0.15, 0.2) is 5.89 Å². The summed E-state index contributed by atoms with van der Waals surface area (Å²) in [6.45, 7) is 4.15. The van der Waals surface area contributed by atoms with Crippen molar-refractivity contribution >= 4 is 16.8 Å². The van der Waals surface area contributed by atoms with Gasteiger partial charge < -0.3 is 14.5 Å². The summed E-state index contributed by atoms with van der Waals surface area (Å²) in [4.78, 5) is 20.4. The van der Waals surface area contributed by atoms with E-state index in [1.54, 1.807) is 20.0 Å². The van der Waals surface area contributed by atoms with E-state index >= 15 is 0 Å². The maximum atomic E-state index is 12.0. The molecule has 1 amide bonds. The third-order valence-electron chi connectivity index (χ3n) is 3.35. The first kappa shape index (κ1) is 15.0. The second kappa shape index (κ2) is 6.48. The third kappa shape index (κ3) is 3.31. The van der Waals surface area contributed by atoms with Gasteiger partial charge in [-0.2, -0.15) is 0 Å². The lowest BCUT2D eigenvalue weighted by molar-refractivity contribution is 0.0917. The molecule has 0 bridgehead atoms. The Kier molecular flexibility index (Phi) is 4.23. The number of benzene rings is 1. The van der Waals surface area contributed by atoms with Gasteiger partial charge in [0.2, 0.25) is 5.76 Å². The lowest BCUT2D eigenvalue weighted by atomic mass is 10.2. The molecule has 0 saturated carbocycles. The Morgan fingerprint density at radius 1 is 1.26 bits per heavy atom. The van der Waals surface area contributed by atoms with E-state index in [1.807, 2.05) is 30.3 Å². The van der Waals surface area contributed by atoms with Gasteiger partial charge in [0, 0.05) is 18.5 Å². The number of carbonyl (C=O) groups is 1. The number of oxazole rings is 1. The van der Waals surface area contributed by atoms with Crippen LogP contribution >= 0.6 is 0 Å². The first-order valence-corrected chi connectivity index (χ1v) is 7.34. The van der Waals surface area contributed by atoms with E-state index in [9.17, 15) is 4.79 Å². The summed E-state index contributed by atoms with van der Waals surface area (Å²) < 4.78 is 11.0. The second-order valence-corrected chi connectivity index (χ2v) is 5.08. The summed E-state index contributed by atoms with van der Waals surface area (Å²) in [6.07, 6.45) is 1.73. The third-order valence-corrected chi connectivity index (χ3v) is 3.35. The smallest absolute Gasteiger partial charge is 0.289 e. The molecule has 0 spiro atoms. The monoisotopic (exact) mass is 311 g/mol. The molecule has 2 heterocycles. The second-order valence-electron chi connectivity index (χ2n) is 5.08. The molecular weight excluding hydrogens is 294 g/mol. The van der Waals surface area contributed by atoms with Crippen LogP contribution in [0.2, 0.25) is 0 Å². The summed E-state index contributed by atoms with van der Waals surface area (Å²) in [5.74, 6) is 1.13. The topological polar surface area (TPSA) is 77.2 Å². The van der Waals surface area contributed by atoms with E-state index in [0.29, 0.717) is 30.5 Å². The minimum Gasteiger partial charge on any atom is -0.489 e.